The molecular weight excluding hydrogens is 438 g/mol. The van der Waals surface area contributed by atoms with Gasteiger partial charge in [-0.25, -0.2) is 9.78 Å². The summed E-state index contributed by atoms with van der Waals surface area (Å²) >= 11 is 6.38. The average molecular weight is 450 g/mol. The van der Waals surface area contributed by atoms with Crippen molar-refractivity contribution in [1.82, 2.24) is 9.55 Å². The molecule has 4 aromatic rings. The van der Waals surface area contributed by atoms with Crippen LogP contribution in [-0.2, 0) is 11.3 Å². The molecule has 0 aliphatic heterocycles. The van der Waals surface area contributed by atoms with Crippen molar-refractivity contribution >= 4 is 60.7 Å². The van der Waals surface area contributed by atoms with Crippen LogP contribution in [0.25, 0.3) is 21.7 Å². The van der Waals surface area contributed by atoms with Gasteiger partial charge in [-0.05, 0) is 40.2 Å². The summed E-state index contributed by atoms with van der Waals surface area (Å²) in [7, 11) is 0. The minimum absolute atomic E-state index is 0.156. The van der Waals surface area contributed by atoms with Crippen LogP contribution in [0.3, 0.4) is 0 Å². The van der Waals surface area contributed by atoms with E-state index in [2.05, 4.69) is 26.2 Å². The normalized spacial score (nSPS) is 11.1. The second kappa shape index (κ2) is 7.18. The summed E-state index contributed by atoms with van der Waals surface area (Å²) in [6.45, 7) is 0.248. The first-order valence-electron chi connectivity index (χ1n) is 7.69. The molecular formula is C17H12BrN3O3S2. The van der Waals surface area contributed by atoms with Gasteiger partial charge in [-0.15, -0.1) is 22.7 Å². The Balaban J connectivity index is 1.42. The van der Waals surface area contributed by atoms with Crippen molar-refractivity contribution in [2.75, 3.05) is 5.32 Å². The number of para-hydroxylation sites is 2. The molecule has 0 bridgehead atoms. The van der Waals surface area contributed by atoms with Crippen LogP contribution < -0.4 is 11.1 Å². The van der Waals surface area contributed by atoms with Gasteiger partial charge in [0.1, 0.15) is 0 Å². The number of anilines is 1. The molecule has 0 radical (unpaired) electrons. The maximum absolute atomic E-state index is 12.2. The molecule has 1 aromatic carbocycles. The van der Waals surface area contributed by atoms with Crippen LogP contribution in [0.2, 0.25) is 0 Å². The molecule has 6 nitrogen and oxygen atoms in total. The van der Waals surface area contributed by atoms with Crippen LogP contribution in [0, 0.1) is 0 Å². The molecule has 0 spiro atoms. The highest BCUT2D eigenvalue weighted by molar-refractivity contribution is 9.11. The fourth-order valence-electron chi connectivity index (χ4n) is 2.52. The highest BCUT2D eigenvalue weighted by Crippen LogP contribution is 2.33. The third-order valence-corrected chi connectivity index (χ3v) is 6.12. The lowest BCUT2D eigenvalue weighted by Gasteiger charge is -2.03. The first-order valence-corrected chi connectivity index (χ1v) is 10.2. The van der Waals surface area contributed by atoms with Crippen molar-refractivity contribution in [2.45, 2.75) is 13.0 Å². The maximum atomic E-state index is 12.2. The van der Waals surface area contributed by atoms with Gasteiger partial charge in [0, 0.05) is 18.3 Å². The topological polar surface area (TPSA) is 77.1 Å². The number of thiophene rings is 1. The van der Waals surface area contributed by atoms with Crippen molar-refractivity contribution in [3.8, 4) is 10.6 Å². The Bertz CT molecular complexity index is 1140. The number of carbonyl (C=O) groups is 1. The van der Waals surface area contributed by atoms with Crippen LogP contribution in [0.4, 0.5) is 5.13 Å². The molecule has 3 aromatic heterocycles. The molecule has 1 amide bonds. The van der Waals surface area contributed by atoms with Gasteiger partial charge in [0.25, 0.3) is 0 Å². The Labute approximate surface area is 164 Å². The number of hydrogen-bond donors (Lipinski definition) is 1. The molecule has 9 heteroatoms. The van der Waals surface area contributed by atoms with E-state index < -0.39 is 5.76 Å². The number of aryl methyl sites for hydroxylation is 1. The van der Waals surface area contributed by atoms with Gasteiger partial charge < -0.3 is 9.73 Å². The molecule has 4 rings (SSSR count). The van der Waals surface area contributed by atoms with Crippen LogP contribution >= 0.6 is 38.6 Å². The second-order valence-electron chi connectivity index (χ2n) is 5.43. The van der Waals surface area contributed by atoms with Crippen LogP contribution in [0.1, 0.15) is 6.42 Å². The molecule has 0 saturated heterocycles. The van der Waals surface area contributed by atoms with E-state index in [4.69, 9.17) is 4.42 Å². The zero-order valence-corrected chi connectivity index (χ0v) is 16.5. The Hall–Kier alpha value is -2.23. The van der Waals surface area contributed by atoms with Crippen LogP contribution in [0.15, 0.2) is 54.8 Å². The van der Waals surface area contributed by atoms with Crippen molar-refractivity contribution in [1.29, 1.82) is 0 Å². The van der Waals surface area contributed by atoms with E-state index in [1.807, 2.05) is 23.6 Å². The van der Waals surface area contributed by atoms with E-state index in [0.717, 1.165) is 14.4 Å². The number of fused-ring (bicyclic) bond motifs is 1. The molecule has 1 N–H and O–H groups in total. The van der Waals surface area contributed by atoms with Crippen molar-refractivity contribution in [3.63, 3.8) is 0 Å². The predicted octanol–water partition coefficient (Wildman–Crippen LogP) is 4.57. The number of nitrogens with one attached hydrogen (secondary N) is 1. The summed E-state index contributed by atoms with van der Waals surface area (Å²) < 4.78 is 7.66. The molecule has 3 heterocycles. The van der Waals surface area contributed by atoms with Gasteiger partial charge in [0.15, 0.2) is 10.7 Å². The predicted molar refractivity (Wildman–Crippen MR) is 107 cm³/mol. The zero-order valence-electron chi connectivity index (χ0n) is 13.3. The standard InChI is InChI=1S/C17H12BrN3O3S2/c18-14-6-5-13(26-14)10-9-25-16(19-10)20-15(22)7-8-21-11-3-1-2-4-12(11)24-17(21)23/h1-6,9H,7-8H2,(H,19,20,22). The zero-order chi connectivity index (χ0) is 18.1. The van der Waals surface area contributed by atoms with Gasteiger partial charge in [0.2, 0.25) is 5.91 Å². The summed E-state index contributed by atoms with van der Waals surface area (Å²) in [6, 6.07) is 11.1. The lowest BCUT2D eigenvalue weighted by Crippen LogP contribution is -2.19. The second-order valence-corrected chi connectivity index (χ2v) is 8.75. The van der Waals surface area contributed by atoms with E-state index in [-0.39, 0.29) is 18.9 Å². The van der Waals surface area contributed by atoms with E-state index >= 15 is 0 Å². The molecule has 26 heavy (non-hydrogen) atoms. The summed E-state index contributed by atoms with van der Waals surface area (Å²) in [5.41, 5.74) is 2.03. The van der Waals surface area contributed by atoms with Crippen LogP contribution in [0.5, 0.6) is 0 Å². The number of rotatable bonds is 5. The molecule has 0 fully saturated rings. The third kappa shape index (κ3) is 3.50. The molecule has 0 saturated carbocycles. The smallest absolute Gasteiger partial charge is 0.408 e. The lowest BCUT2D eigenvalue weighted by atomic mass is 10.3. The number of halogens is 1. The summed E-state index contributed by atoms with van der Waals surface area (Å²) in [4.78, 5) is 29.6. The maximum Gasteiger partial charge on any atom is 0.419 e. The molecule has 0 atom stereocenters. The lowest BCUT2D eigenvalue weighted by molar-refractivity contribution is -0.116. The van der Waals surface area contributed by atoms with Gasteiger partial charge in [-0.3, -0.25) is 9.36 Å². The molecule has 132 valence electrons. The minimum Gasteiger partial charge on any atom is -0.408 e. The van der Waals surface area contributed by atoms with Crippen LogP contribution in [-0.4, -0.2) is 15.5 Å². The third-order valence-electron chi connectivity index (χ3n) is 3.71. The van der Waals surface area contributed by atoms with Gasteiger partial charge in [0.05, 0.1) is 19.9 Å². The number of aromatic nitrogens is 2. The number of amides is 1. The van der Waals surface area contributed by atoms with E-state index in [1.54, 1.807) is 29.5 Å². The van der Waals surface area contributed by atoms with E-state index in [1.165, 1.54) is 15.9 Å². The van der Waals surface area contributed by atoms with Gasteiger partial charge >= 0.3 is 5.76 Å². The number of carbonyl (C=O) groups excluding carboxylic acids is 1. The Kier molecular flexibility index (Phi) is 4.75. The minimum atomic E-state index is -0.459. The molecule has 0 aliphatic carbocycles. The SMILES string of the molecule is O=C(CCn1c(=O)oc2ccccc21)Nc1nc(-c2ccc(Br)s2)cs1. The summed E-state index contributed by atoms with van der Waals surface area (Å²) in [6.07, 6.45) is 0.156. The van der Waals surface area contributed by atoms with Gasteiger partial charge in [-0.2, -0.15) is 0 Å². The fourth-order valence-corrected chi connectivity index (χ4v) is 4.67. The van der Waals surface area contributed by atoms with Crippen molar-refractivity contribution in [3.05, 3.63) is 56.1 Å². The summed E-state index contributed by atoms with van der Waals surface area (Å²) in [5, 5.41) is 5.23. The first-order chi connectivity index (χ1) is 12.6. The quantitative estimate of drug-likeness (QED) is 0.483. The first kappa shape index (κ1) is 17.2. The summed E-state index contributed by atoms with van der Waals surface area (Å²) in [5.74, 6) is -0.658. The number of benzene rings is 1. The number of hydrogen-bond acceptors (Lipinski definition) is 6. The fraction of sp³-hybridized carbons (Fsp3) is 0.118. The average Bonchev–Trinajstić information content (AvgIpc) is 3.31. The van der Waals surface area contributed by atoms with Gasteiger partial charge in [-0.1, -0.05) is 12.1 Å². The number of oxazole rings is 1. The van der Waals surface area contributed by atoms with Crippen molar-refractivity contribution < 1.29 is 9.21 Å². The number of nitrogens with zero attached hydrogens (tertiary/aromatic N) is 2. The Morgan fingerprint density at radius 2 is 2.12 bits per heavy atom. The highest BCUT2D eigenvalue weighted by atomic mass is 79.9. The monoisotopic (exact) mass is 449 g/mol. The molecule has 0 aliphatic rings. The van der Waals surface area contributed by atoms with Crippen molar-refractivity contribution in [2.24, 2.45) is 0 Å². The largest absolute Gasteiger partial charge is 0.419 e. The van der Waals surface area contributed by atoms with E-state index in [9.17, 15) is 9.59 Å². The molecule has 0 unspecified atom stereocenters. The highest BCUT2D eigenvalue weighted by Gasteiger charge is 2.12. The number of thiazole rings is 1. The Morgan fingerprint density at radius 1 is 1.27 bits per heavy atom. The van der Waals surface area contributed by atoms with E-state index in [0.29, 0.717) is 16.2 Å². The Morgan fingerprint density at radius 3 is 2.92 bits per heavy atom.